The molecule has 2 N–H and O–H groups in total. The van der Waals surface area contributed by atoms with E-state index >= 15 is 0 Å². The summed E-state index contributed by atoms with van der Waals surface area (Å²) in [5.41, 5.74) is 4.72. The van der Waals surface area contributed by atoms with Crippen molar-refractivity contribution in [3.8, 4) is 11.5 Å². The second-order valence-corrected chi connectivity index (χ2v) is 10.7. The Bertz CT molecular complexity index is 1870. The Morgan fingerprint density at radius 2 is 1.57 bits per heavy atom. The maximum atomic E-state index is 13.3. The number of ether oxygens (including phenoxy) is 2. The van der Waals surface area contributed by atoms with E-state index in [2.05, 4.69) is 34.6 Å². The number of carbonyl (C=O) groups excluding carboxylic acids is 3. The molecule has 4 rings (SSSR count). The lowest BCUT2D eigenvalue weighted by molar-refractivity contribution is -0.384. The lowest BCUT2D eigenvalue weighted by atomic mass is 10.1. The second-order valence-electron chi connectivity index (χ2n) is 10.3. The first-order valence-corrected chi connectivity index (χ1v) is 15.7. The highest BCUT2D eigenvalue weighted by atomic mass is 35.5. The molecule has 0 saturated heterocycles. The molecule has 0 atom stereocenters. The zero-order valence-electron chi connectivity index (χ0n) is 27.0. The van der Waals surface area contributed by atoms with Crippen molar-refractivity contribution in [3.63, 3.8) is 0 Å². The number of nitrogens with one attached hydrogen (secondary N) is 2. The largest absolute Gasteiger partial charge is 0.490 e. The topological polar surface area (TPSA) is 152 Å². The van der Waals surface area contributed by atoms with Gasteiger partial charge in [-0.2, -0.15) is 5.10 Å². The van der Waals surface area contributed by atoms with Crippen molar-refractivity contribution < 1.29 is 28.8 Å². The average molecular weight is 684 g/mol. The predicted octanol–water partition coefficient (Wildman–Crippen LogP) is 6.63. The number of rotatable bonds is 14. The molecule has 4 aromatic carbocycles. The molecule has 0 heterocycles. The smallest absolute Gasteiger partial charge is 0.343 e. The number of benzene rings is 4. The molecule has 12 nitrogen and oxygen atoms in total. The number of esters is 1. The fourth-order valence-electron chi connectivity index (χ4n) is 4.59. The van der Waals surface area contributed by atoms with Crippen LogP contribution in [0.3, 0.4) is 0 Å². The van der Waals surface area contributed by atoms with Crippen LogP contribution in [-0.4, -0.2) is 48.6 Å². The normalized spacial score (nSPS) is 11.1. The van der Waals surface area contributed by atoms with Gasteiger partial charge in [-0.05, 0) is 92.6 Å². The Hall–Kier alpha value is -6.01. The first kappa shape index (κ1) is 35.8. The fourth-order valence-corrected chi connectivity index (χ4v) is 4.81. The zero-order valence-corrected chi connectivity index (χ0v) is 27.8. The van der Waals surface area contributed by atoms with E-state index in [0.29, 0.717) is 11.1 Å². The van der Waals surface area contributed by atoms with Gasteiger partial charge in [-0.3, -0.25) is 19.7 Å². The molecule has 0 saturated carbocycles. The van der Waals surface area contributed by atoms with E-state index in [1.807, 2.05) is 24.3 Å². The van der Waals surface area contributed by atoms with E-state index in [1.165, 1.54) is 42.6 Å². The number of amides is 2. The van der Waals surface area contributed by atoms with Crippen molar-refractivity contribution >= 4 is 53.0 Å². The van der Waals surface area contributed by atoms with E-state index in [0.717, 1.165) is 18.8 Å². The highest BCUT2D eigenvalue weighted by Gasteiger charge is 2.18. The maximum absolute atomic E-state index is 13.3. The molecular formula is C36H34ClN5O7. The minimum absolute atomic E-state index is 0.0684. The zero-order chi connectivity index (χ0) is 35.3. The molecule has 0 bridgehead atoms. The number of non-ortho nitro benzene ring substituents is 1. The van der Waals surface area contributed by atoms with Crippen LogP contribution in [0.5, 0.6) is 11.5 Å². The number of nitro benzene ring substituents is 1. The Labute approximate surface area is 288 Å². The summed E-state index contributed by atoms with van der Waals surface area (Å²) in [5, 5.41) is 17.8. The van der Waals surface area contributed by atoms with Gasteiger partial charge in [0.15, 0.2) is 11.5 Å². The van der Waals surface area contributed by atoms with Gasteiger partial charge in [0.1, 0.15) is 5.70 Å². The van der Waals surface area contributed by atoms with Crippen LogP contribution in [0.15, 0.2) is 102 Å². The third-order valence-corrected chi connectivity index (χ3v) is 7.44. The third-order valence-electron chi connectivity index (χ3n) is 7.11. The van der Waals surface area contributed by atoms with Gasteiger partial charge in [-0.1, -0.05) is 35.9 Å². The van der Waals surface area contributed by atoms with Crippen molar-refractivity contribution in [3.05, 3.63) is 134 Å². The summed E-state index contributed by atoms with van der Waals surface area (Å²) < 4.78 is 11.1. The molecule has 0 spiro atoms. The highest BCUT2D eigenvalue weighted by Crippen LogP contribution is 2.29. The summed E-state index contributed by atoms with van der Waals surface area (Å²) in [5.74, 6) is -1.65. The highest BCUT2D eigenvalue weighted by molar-refractivity contribution is 6.34. The van der Waals surface area contributed by atoms with Gasteiger partial charge in [0.25, 0.3) is 17.5 Å². The van der Waals surface area contributed by atoms with Gasteiger partial charge in [-0.25, -0.2) is 10.2 Å². The van der Waals surface area contributed by atoms with Gasteiger partial charge in [-0.15, -0.1) is 0 Å². The number of nitrogens with zero attached hydrogens (tertiary/aromatic N) is 3. The van der Waals surface area contributed by atoms with Gasteiger partial charge in [0.05, 0.1) is 33.9 Å². The fraction of sp³-hybridized carbons (Fsp3) is 0.167. The van der Waals surface area contributed by atoms with Gasteiger partial charge < -0.3 is 19.7 Å². The Kier molecular flexibility index (Phi) is 12.6. The summed E-state index contributed by atoms with van der Waals surface area (Å²) in [6.45, 7) is 7.83. The summed E-state index contributed by atoms with van der Waals surface area (Å²) >= 11 is 6.22. The predicted molar refractivity (Wildman–Crippen MR) is 188 cm³/mol. The first-order chi connectivity index (χ1) is 23.6. The van der Waals surface area contributed by atoms with E-state index in [9.17, 15) is 24.5 Å². The molecule has 4 aromatic rings. The van der Waals surface area contributed by atoms with Crippen molar-refractivity contribution in [2.45, 2.75) is 20.8 Å². The van der Waals surface area contributed by atoms with Crippen LogP contribution in [-0.2, 0) is 4.79 Å². The molecule has 2 amide bonds. The van der Waals surface area contributed by atoms with Crippen molar-refractivity contribution in [2.24, 2.45) is 5.10 Å². The van der Waals surface area contributed by atoms with Gasteiger partial charge in [0.2, 0.25) is 0 Å². The average Bonchev–Trinajstić information content (AvgIpc) is 3.10. The lowest BCUT2D eigenvalue weighted by Crippen LogP contribution is -2.33. The van der Waals surface area contributed by atoms with Gasteiger partial charge >= 0.3 is 5.97 Å². The Balaban J connectivity index is 1.52. The third kappa shape index (κ3) is 9.75. The van der Waals surface area contributed by atoms with Crippen LogP contribution in [0.4, 0.5) is 11.4 Å². The molecule has 0 aromatic heterocycles. The van der Waals surface area contributed by atoms with Crippen LogP contribution in [0.25, 0.3) is 6.08 Å². The quantitative estimate of drug-likeness (QED) is 0.0375. The molecule has 252 valence electrons. The summed E-state index contributed by atoms with van der Waals surface area (Å²) in [6.07, 6.45) is 2.89. The molecule has 49 heavy (non-hydrogen) atoms. The molecule has 0 aliphatic carbocycles. The number of hydrogen-bond acceptors (Lipinski definition) is 9. The molecule has 0 aliphatic rings. The maximum Gasteiger partial charge on any atom is 0.343 e. The molecule has 0 unspecified atom stereocenters. The van der Waals surface area contributed by atoms with Crippen LogP contribution in [0.1, 0.15) is 52.6 Å². The van der Waals surface area contributed by atoms with E-state index in [1.54, 1.807) is 43.3 Å². The number of carbonyl (C=O) groups is 3. The molecule has 0 aliphatic heterocycles. The number of hydrazone groups is 1. The van der Waals surface area contributed by atoms with E-state index in [-0.39, 0.29) is 45.6 Å². The molecule has 13 heteroatoms. The lowest BCUT2D eigenvalue weighted by Gasteiger charge is -2.21. The molecule has 0 fully saturated rings. The number of hydrogen-bond donors (Lipinski definition) is 2. The number of nitro groups is 1. The van der Waals surface area contributed by atoms with E-state index < -0.39 is 22.7 Å². The molecule has 0 radical (unpaired) electrons. The van der Waals surface area contributed by atoms with Crippen molar-refractivity contribution in [1.29, 1.82) is 0 Å². The van der Waals surface area contributed by atoms with Crippen LogP contribution in [0, 0.1) is 10.1 Å². The Morgan fingerprint density at radius 1 is 0.898 bits per heavy atom. The number of halogens is 1. The van der Waals surface area contributed by atoms with Gasteiger partial charge in [0, 0.05) is 30.9 Å². The van der Waals surface area contributed by atoms with Crippen molar-refractivity contribution in [2.75, 3.05) is 24.6 Å². The number of anilines is 1. The first-order valence-electron chi connectivity index (χ1n) is 15.3. The minimum Gasteiger partial charge on any atom is -0.490 e. The standard InChI is InChI=1S/C36H34ClN5O7/c1-4-41(5-2)27-16-11-24(12-17-27)21-31(39-34(43)29-9-7-8-10-30(29)37)35(44)40-38-23-25-13-20-32(33(22-25)48-6-3)49-36(45)26-14-18-28(19-15-26)42(46)47/h7-23H,4-6H2,1-3H3,(H,39,43)(H,40,44)/b31-21+,38-23+. The SMILES string of the molecule is CCOc1cc(/C=N/NC(=O)/C(=C\c2ccc(N(CC)CC)cc2)NC(=O)c2ccccc2Cl)ccc1OC(=O)c1ccc([N+](=O)[O-])cc1. The summed E-state index contributed by atoms with van der Waals surface area (Å²) in [6, 6.07) is 23.7. The van der Waals surface area contributed by atoms with Crippen LogP contribution in [0.2, 0.25) is 5.02 Å². The molecular weight excluding hydrogens is 650 g/mol. The Morgan fingerprint density at radius 3 is 2.20 bits per heavy atom. The minimum atomic E-state index is -0.731. The van der Waals surface area contributed by atoms with Crippen molar-refractivity contribution in [1.82, 2.24) is 10.7 Å². The van der Waals surface area contributed by atoms with Crippen LogP contribution < -0.4 is 25.1 Å². The summed E-state index contributed by atoms with van der Waals surface area (Å²) in [4.78, 5) is 51.6. The van der Waals surface area contributed by atoms with Crippen LogP contribution >= 0.6 is 11.6 Å². The second kappa shape index (κ2) is 17.2. The van der Waals surface area contributed by atoms with E-state index in [4.69, 9.17) is 21.1 Å². The summed E-state index contributed by atoms with van der Waals surface area (Å²) in [7, 11) is 0. The monoisotopic (exact) mass is 683 g/mol.